The second kappa shape index (κ2) is 12.3. The second-order valence-electron chi connectivity index (χ2n) is 16.1. The van der Waals surface area contributed by atoms with E-state index >= 15 is 0 Å². The topological polar surface area (TPSA) is 21.3 Å². The molecule has 58 heavy (non-hydrogen) atoms. The van der Waals surface area contributed by atoms with E-state index in [1.807, 2.05) is 0 Å². The van der Waals surface area contributed by atoms with Crippen molar-refractivity contribution >= 4 is 71.6 Å². The van der Waals surface area contributed by atoms with Gasteiger partial charge in [0.05, 0.1) is 27.8 Å². The van der Waals surface area contributed by atoms with Crippen molar-refractivity contribution in [1.82, 2.24) is 4.57 Å². The quantitative estimate of drug-likeness (QED) is 0.175. The first-order chi connectivity index (χ1) is 28.5. The summed E-state index contributed by atoms with van der Waals surface area (Å²) in [5.74, 6) is 0. The molecular formula is C55H38N2O. The number of anilines is 3. The van der Waals surface area contributed by atoms with Gasteiger partial charge in [-0.1, -0.05) is 141 Å². The molecule has 0 spiro atoms. The molecule has 3 heteroatoms. The summed E-state index contributed by atoms with van der Waals surface area (Å²) in [4.78, 5) is 2.50. The van der Waals surface area contributed by atoms with E-state index in [9.17, 15) is 0 Å². The lowest BCUT2D eigenvalue weighted by molar-refractivity contribution is 0.660. The van der Waals surface area contributed by atoms with Crippen LogP contribution in [0.2, 0.25) is 0 Å². The fraction of sp³-hybridized carbons (Fsp3) is 0.0545. The molecule has 0 saturated carbocycles. The van der Waals surface area contributed by atoms with E-state index in [0.717, 1.165) is 55.8 Å². The summed E-state index contributed by atoms with van der Waals surface area (Å²) in [6, 6.07) is 70.6. The molecule has 0 aliphatic heterocycles. The molecule has 2 aromatic heterocycles. The summed E-state index contributed by atoms with van der Waals surface area (Å²) in [7, 11) is 0. The first-order valence-electron chi connectivity index (χ1n) is 20.1. The smallest absolute Gasteiger partial charge is 0.145 e. The van der Waals surface area contributed by atoms with E-state index in [-0.39, 0.29) is 5.41 Å². The molecule has 0 unspecified atom stereocenters. The molecule has 0 fully saturated rings. The fourth-order valence-corrected chi connectivity index (χ4v) is 9.87. The van der Waals surface area contributed by atoms with Gasteiger partial charge < -0.3 is 13.9 Å². The molecule has 0 N–H and O–H groups in total. The van der Waals surface area contributed by atoms with Gasteiger partial charge in [0.2, 0.25) is 0 Å². The summed E-state index contributed by atoms with van der Waals surface area (Å²) in [5, 5.41) is 7.04. The van der Waals surface area contributed by atoms with E-state index < -0.39 is 0 Å². The van der Waals surface area contributed by atoms with Gasteiger partial charge in [-0.25, -0.2) is 0 Å². The van der Waals surface area contributed by atoms with E-state index in [1.165, 1.54) is 54.8 Å². The largest absolute Gasteiger partial charge is 0.455 e. The number of benzene rings is 9. The Labute approximate surface area is 336 Å². The number of para-hydroxylation sites is 3. The van der Waals surface area contributed by atoms with Crippen molar-refractivity contribution in [2.45, 2.75) is 19.3 Å². The molecule has 0 amide bonds. The van der Waals surface area contributed by atoms with E-state index in [1.54, 1.807) is 0 Å². The number of rotatable bonds is 5. The number of aromatic nitrogens is 1. The van der Waals surface area contributed by atoms with Gasteiger partial charge in [-0.05, 0) is 99.8 Å². The van der Waals surface area contributed by atoms with Crippen LogP contribution in [0.15, 0.2) is 199 Å². The average Bonchev–Trinajstić information content (AvgIpc) is 3.90. The van der Waals surface area contributed by atoms with E-state index in [4.69, 9.17) is 4.42 Å². The highest BCUT2D eigenvalue weighted by Crippen LogP contribution is 2.56. The van der Waals surface area contributed by atoms with Crippen LogP contribution in [0.4, 0.5) is 17.1 Å². The molecule has 0 radical (unpaired) electrons. The first-order valence-corrected chi connectivity index (χ1v) is 20.1. The van der Waals surface area contributed by atoms with Crippen molar-refractivity contribution in [1.29, 1.82) is 0 Å². The molecule has 0 bridgehead atoms. The lowest BCUT2D eigenvalue weighted by Crippen LogP contribution is -2.16. The van der Waals surface area contributed by atoms with Crippen LogP contribution in [0.5, 0.6) is 0 Å². The summed E-state index contributed by atoms with van der Waals surface area (Å²) in [6.45, 7) is 4.72. The molecule has 0 saturated heterocycles. The van der Waals surface area contributed by atoms with Crippen LogP contribution < -0.4 is 4.90 Å². The predicted molar refractivity (Wildman–Crippen MR) is 243 cm³/mol. The Kier molecular flexibility index (Phi) is 6.98. The Morgan fingerprint density at radius 2 is 1.21 bits per heavy atom. The van der Waals surface area contributed by atoms with Crippen molar-refractivity contribution in [2.24, 2.45) is 0 Å². The fourth-order valence-electron chi connectivity index (χ4n) is 9.87. The Hall–Kier alpha value is -7.36. The Bertz CT molecular complexity index is 3440. The maximum absolute atomic E-state index is 6.94. The zero-order chi connectivity index (χ0) is 38.5. The Balaban J connectivity index is 1.18. The normalized spacial score (nSPS) is 13.1. The molecule has 3 nitrogen and oxygen atoms in total. The van der Waals surface area contributed by atoms with Crippen molar-refractivity contribution < 1.29 is 4.42 Å². The van der Waals surface area contributed by atoms with Gasteiger partial charge >= 0.3 is 0 Å². The zero-order valence-electron chi connectivity index (χ0n) is 32.3. The van der Waals surface area contributed by atoms with E-state index in [0.29, 0.717) is 0 Å². The minimum atomic E-state index is -0.154. The molecule has 1 aliphatic carbocycles. The standard InChI is InChI=1S/C55H38N2O/c1-55(2)45-22-11-8-20-42(45)52-46(55)23-14-25-49(52)57(39-29-31-48-44(34-39)41-19-9-12-24-47(41)56(48)38-17-4-3-5-18-38)50-32-30-40(37-28-27-35-15-6-7-16-36(35)33-37)54-53(50)43-21-10-13-26-51(43)58-54/h3-34H,1-2H3. The highest BCUT2D eigenvalue weighted by Gasteiger charge is 2.38. The molecule has 9 aromatic carbocycles. The number of hydrogen-bond donors (Lipinski definition) is 0. The minimum Gasteiger partial charge on any atom is -0.455 e. The maximum Gasteiger partial charge on any atom is 0.145 e. The van der Waals surface area contributed by atoms with Crippen LogP contribution in [0, 0.1) is 0 Å². The second-order valence-corrected chi connectivity index (χ2v) is 16.1. The molecule has 2 heterocycles. The van der Waals surface area contributed by atoms with Crippen LogP contribution >= 0.6 is 0 Å². The number of furan rings is 1. The number of nitrogens with zero attached hydrogens (tertiary/aromatic N) is 2. The van der Waals surface area contributed by atoms with Gasteiger partial charge in [-0.3, -0.25) is 0 Å². The van der Waals surface area contributed by atoms with Gasteiger partial charge in [-0.2, -0.15) is 0 Å². The summed E-state index contributed by atoms with van der Waals surface area (Å²) in [5.41, 5.74) is 15.9. The molecule has 1 aliphatic rings. The minimum absolute atomic E-state index is 0.154. The first kappa shape index (κ1) is 32.8. The zero-order valence-corrected chi connectivity index (χ0v) is 32.3. The van der Waals surface area contributed by atoms with Crippen molar-refractivity contribution in [2.75, 3.05) is 4.90 Å². The Morgan fingerprint density at radius 1 is 0.483 bits per heavy atom. The third kappa shape index (κ3) is 4.68. The molecule has 0 atom stereocenters. The highest BCUT2D eigenvalue weighted by molar-refractivity contribution is 6.18. The van der Waals surface area contributed by atoms with Crippen LogP contribution in [0.1, 0.15) is 25.0 Å². The van der Waals surface area contributed by atoms with Crippen molar-refractivity contribution in [3.63, 3.8) is 0 Å². The third-order valence-electron chi connectivity index (χ3n) is 12.6. The van der Waals surface area contributed by atoms with Crippen LogP contribution in [-0.4, -0.2) is 4.57 Å². The average molecular weight is 743 g/mol. The molecule has 12 rings (SSSR count). The van der Waals surface area contributed by atoms with Gasteiger partial charge in [0, 0.05) is 44.1 Å². The summed E-state index contributed by atoms with van der Waals surface area (Å²) < 4.78 is 9.33. The SMILES string of the molecule is CC1(C)c2ccccc2-c2c(N(c3ccc4c(c3)c3ccccc3n4-c3ccccc3)c3ccc(-c4ccc5ccccc5c4)c4oc5ccccc5c34)cccc21. The molecule has 11 aromatic rings. The van der Waals surface area contributed by atoms with E-state index in [2.05, 4.69) is 217 Å². The van der Waals surface area contributed by atoms with Crippen molar-refractivity contribution in [3.05, 3.63) is 205 Å². The summed E-state index contributed by atoms with van der Waals surface area (Å²) >= 11 is 0. The number of fused-ring (bicyclic) bond motifs is 10. The molecular weight excluding hydrogens is 705 g/mol. The highest BCUT2D eigenvalue weighted by atomic mass is 16.3. The van der Waals surface area contributed by atoms with Crippen LogP contribution in [0.3, 0.4) is 0 Å². The third-order valence-corrected chi connectivity index (χ3v) is 12.6. The molecule has 274 valence electrons. The van der Waals surface area contributed by atoms with Crippen LogP contribution in [0.25, 0.3) is 82.5 Å². The van der Waals surface area contributed by atoms with Gasteiger partial charge in [0.1, 0.15) is 11.2 Å². The summed E-state index contributed by atoms with van der Waals surface area (Å²) in [6.07, 6.45) is 0. The maximum atomic E-state index is 6.94. The van der Waals surface area contributed by atoms with Gasteiger partial charge in [-0.15, -0.1) is 0 Å². The van der Waals surface area contributed by atoms with Crippen molar-refractivity contribution in [3.8, 4) is 27.9 Å². The van der Waals surface area contributed by atoms with Crippen LogP contribution in [-0.2, 0) is 5.41 Å². The lowest BCUT2D eigenvalue weighted by Gasteiger charge is -2.30. The van der Waals surface area contributed by atoms with Gasteiger partial charge in [0.25, 0.3) is 0 Å². The Morgan fingerprint density at radius 3 is 2.10 bits per heavy atom. The predicted octanol–water partition coefficient (Wildman–Crippen LogP) is 15.3. The number of hydrogen-bond acceptors (Lipinski definition) is 2. The monoisotopic (exact) mass is 742 g/mol. The lowest BCUT2D eigenvalue weighted by atomic mass is 9.82. The van der Waals surface area contributed by atoms with Gasteiger partial charge in [0.15, 0.2) is 0 Å².